The van der Waals surface area contributed by atoms with E-state index in [2.05, 4.69) is 24.7 Å². The van der Waals surface area contributed by atoms with Crippen molar-refractivity contribution >= 4 is 35.6 Å². The van der Waals surface area contributed by atoms with Gasteiger partial charge in [0.2, 0.25) is 0 Å². The van der Waals surface area contributed by atoms with Crippen LogP contribution in [0.25, 0.3) is 27.7 Å². The minimum Gasteiger partial charge on any atom is -0.508 e. The lowest BCUT2D eigenvalue weighted by atomic mass is 9.77. The lowest BCUT2D eigenvalue weighted by Gasteiger charge is -2.17. The van der Waals surface area contributed by atoms with Gasteiger partial charge in [0, 0.05) is 22.5 Å². The normalized spacial score (nSPS) is 11.3. The molecule has 2 aromatic heterocycles. The van der Waals surface area contributed by atoms with Crippen LogP contribution in [-0.4, -0.2) is 52.1 Å². The highest BCUT2D eigenvalue weighted by molar-refractivity contribution is 6.62. The van der Waals surface area contributed by atoms with Gasteiger partial charge in [0.1, 0.15) is 5.75 Å². The van der Waals surface area contributed by atoms with Gasteiger partial charge in [-0.3, -0.25) is 4.79 Å². The van der Waals surface area contributed by atoms with E-state index in [1.165, 1.54) is 25.4 Å². The molecular formula is C20H15BF3N5O5. The Morgan fingerprint density at radius 3 is 2.71 bits per heavy atom. The van der Waals surface area contributed by atoms with E-state index in [0.29, 0.717) is 27.7 Å². The number of nitrogen functional groups attached to an aromatic ring is 1. The summed E-state index contributed by atoms with van der Waals surface area (Å²) in [4.78, 5) is 10.8. The Labute approximate surface area is 189 Å². The number of methoxy groups -OCH3 is 1. The predicted octanol–water partition coefficient (Wildman–Crippen LogP) is 1.83. The first kappa shape index (κ1) is 22.9. The van der Waals surface area contributed by atoms with Crippen molar-refractivity contribution in [3.05, 3.63) is 48.9 Å². The Morgan fingerprint density at radius 2 is 2.00 bits per heavy atom. The van der Waals surface area contributed by atoms with Crippen LogP contribution >= 0.6 is 0 Å². The maximum Gasteiger partial charge on any atom is 0.573 e. The number of ether oxygens (including phenoxy) is 2. The first-order valence-corrected chi connectivity index (χ1v) is 9.51. The molecule has 0 spiro atoms. The van der Waals surface area contributed by atoms with Gasteiger partial charge in [-0.15, -0.1) is 13.2 Å². The summed E-state index contributed by atoms with van der Waals surface area (Å²) in [5.74, 6) is -0.449. The number of hydrogen-bond acceptors (Lipinski definition) is 9. The summed E-state index contributed by atoms with van der Waals surface area (Å²) >= 11 is 0. The van der Waals surface area contributed by atoms with Crippen LogP contribution in [0.15, 0.2) is 48.9 Å². The van der Waals surface area contributed by atoms with Crippen molar-refractivity contribution in [3.8, 4) is 28.3 Å². The Bertz CT molecular complexity index is 1360. The number of nitrogens with zero attached hydrogens (tertiary/aromatic N) is 4. The van der Waals surface area contributed by atoms with Crippen LogP contribution in [0.4, 0.5) is 18.9 Å². The zero-order valence-corrected chi connectivity index (χ0v) is 17.4. The van der Waals surface area contributed by atoms with Crippen LogP contribution in [0.3, 0.4) is 0 Å². The second-order valence-electron chi connectivity index (χ2n) is 6.90. The highest BCUT2D eigenvalue weighted by Crippen LogP contribution is 2.33. The third kappa shape index (κ3) is 4.57. The maximum atomic E-state index is 12.6. The molecule has 2 heterocycles. The number of nitrogens with two attached hydrogens (primary N) is 1. The number of hydrogen-bond donors (Lipinski definition) is 2. The molecule has 0 bridgehead atoms. The molecule has 174 valence electrons. The summed E-state index contributed by atoms with van der Waals surface area (Å²) in [6, 6.07) is 7.91. The summed E-state index contributed by atoms with van der Waals surface area (Å²) in [5.41, 5.74) is 8.06. The standard InChI is InChI=1S/C20H15BF3N5O5/c1-32-19-6-18(29-9-12(7-27-29)34-20(22,23)24)14(5-15(19)21(31)33-10-30)11-2-3-13-16(25)8-26-28-17(13)4-11/h2-10,31H,1H3,(H2,25,28). The average Bonchev–Trinajstić information content (AvgIpc) is 3.24. The Balaban J connectivity index is 1.92. The number of carbonyl (C=O) groups is 1. The van der Waals surface area contributed by atoms with Gasteiger partial charge in [-0.1, -0.05) is 6.07 Å². The topological polar surface area (TPSA) is 135 Å². The number of rotatable bonds is 7. The van der Waals surface area contributed by atoms with Crippen molar-refractivity contribution in [2.24, 2.45) is 0 Å². The molecule has 14 heteroatoms. The van der Waals surface area contributed by atoms with Crippen LogP contribution in [0.2, 0.25) is 0 Å². The highest BCUT2D eigenvalue weighted by atomic mass is 19.4. The highest BCUT2D eigenvalue weighted by Gasteiger charge is 2.32. The van der Waals surface area contributed by atoms with E-state index >= 15 is 0 Å². The van der Waals surface area contributed by atoms with E-state index in [9.17, 15) is 23.0 Å². The van der Waals surface area contributed by atoms with Crippen molar-refractivity contribution in [1.82, 2.24) is 20.0 Å². The zero-order chi connectivity index (χ0) is 24.5. The van der Waals surface area contributed by atoms with E-state index in [0.717, 1.165) is 17.1 Å². The smallest absolute Gasteiger partial charge is 0.508 e. The van der Waals surface area contributed by atoms with Crippen LogP contribution in [0.1, 0.15) is 0 Å². The van der Waals surface area contributed by atoms with Crippen molar-refractivity contribution in [2.45, 2.75) is 6.36 Å². The lowest BCUT2D eigenvalue weighted by Crippen LogP contribution is -2.34. The van der Waals surface area contributed by atoms with E-state index in [4.69, 9.17) is 10.5 Å². The average molecular weight is 473 g/mol. The quantitative estimate of drug-likeness (QED) is 0.305. The van der Waals surface area contributed by atoms with Crippen LogP contribution in [0.5, 0.6) is 11.5 Å². The molecule has 4 aromatic rings. The zero-order valence-electron chi connectivity index (χ0n) is 17.4. The van der Waals surface area contributed by atoms with E-state index in [1.807, 2.05) is 0 Å². The number of fused-ring (bicyclic) bond motifs is 1. The van der Waals surface area contributed by atoms with E-state index in [1.54, 1.807) is 18.2 Å². The Kier molecular flexibility index (Phi) is 5.98. The number of alkyl halides is 3. The van der Waals surface area contributed by atoms with Gasteiger partial charge in [-0.25, -0.2) is 4.68 Å². The van der Waals surface area contributed by atoms with Gasteiger partial charge in [0.05, 0.1) is 42.6 Å². The van der Waals surface area contributed by atoms with Crippen molar-refractivity contribution in [3.63, 3.8) is 0 Å². The van der Waals surface area contributed by atoms with E-state index in [-0.39, 0.29) is 23.4 Å². The predicted molar refractivity (Wildman–Crippen MR) is 114 cm³/mol. The minimum absolute atomic E-state index is 0.0698. The van der Waals surface area contributed by atoms with Gasteiger partial charge in [-0.05, 0) is 23.8 Å². The summed E-state index contributed by atoms with van der Waals surface area (Å²) in [6.07, 6.45) is -1.57. The van der Waals surface area contributed by atoms with Crippen molar-refractivity contribution in [2.75, 3.05) is 12.8 Å². The van der Waals surface area contributed by atoms with E-state index < -0.39 is 19.2 Å². The minimum atomic E-state index is -4.90. The molecule has 0 aliphatic rings. The summed E-state index contributed by atoms with van der Waals surface area (Å²) in [6.45, 7) is 0.0698. The molecule has 0 saturated carbocycles. The fourth-order valence-electron chi connectivity index (χ4n) is 3.38. The number of carbonyl (C=O) groups excluding carboxylic acids is 1. The Morgan fingerprint density at radius 1 is 1.21 bits per heavy atom. The molecule has 0 radical (unpaired) electrons. The number of aromatic nitrogens is 4. The third-order valence-corrected chi connectivity index (χ3v) is 4.82. The Hall–Kier alpha value is -4.33. The molecular weight excluding hydrogens is 458 g/mol. The van der Waals surface area contributed by atoms with Crippen molar-refractivity contribution < 1.29 is 37.1 Å². The van der Waals surface area contributed by atoms with Gasteiger partial charge in [0.25, 0.3) is 6.47 Å². The van der Waals surface area contributed by atoms with Gasteiger partial charge in [-0.2, -0.15) is 15.3 Å². The van der Waals surface area contributed by atoms with Crippen LogP contribution < -0.4 is 20.7 Å². The summed E-state index contributed by atoms with van der Waals surface area (Å²) < 4.78 is 52.9. The SMILES string of the molecule is COc1cc(-n2cc(OC(F)(F)F)cn2)c(-c2ccc3c(N)cnnc3c2)cc1B(O)OC=O. The second-order valence-corrected chi connectivity index (χ2v) is 6.90. The van der Waals surface area contributed by atoms with Gasteiger partial charge in [0.15, 0.2) is 5.75 Å². The van der Waals surface area contributed by atoms with Crippen LogP contribution in [0, 0.1) is 0 Å². The number of anilines is 1. The van der Waals surface area contributed by atoms with Crippen molar-refractivity contribution in [1.29, 1.82) is 0 Å². The van der Waals surface area contributed by atoms with Crippen LogP contribution in [-0.2, 0) is 9.45 Å². The number of halogens is 3. The molecule has 0 atom stereocenters. The lowest BCUT2D eigenvalue weighted by molar-refractivity contribution is -0.274. The summed E-state index contributed by atoms with van der Waals surface area (Å²) in [7, 11) is -0.358. The largest absolute Gasteiger partial charge is 0.573 e. The maximum absolute atomic E-state index is 12.6. The molecule has 2 aromatic carbocycles. The fourth-order valence-corrected chi connectivity index (χ4v) is 3.38. The first-order valence-electron chi connectivity index (χ1n) is 9.51. The molecule has 3 N–H and O–H groups in total. The molecule has 0 saturated heterocycles. The monoisotopic (exact) mass is 473 g/mol. The molecule has 0 aliphatic carbocycles. The van der Waals surface area contributed by atoms with Gasteiger partial charge >= 0.3 is 13.5 Å². The molecule has 34 heavy (non-hydrogen) atoms. The first-order chi connectivity index (χ1) is 16.2. The third-order valence-electron chi connectivity index (χ3n) is 4.82. The molecule has 0 amide bonds. The second kappa shape index (κ2) is 8.90. The van der Waals surface area contributed by atoms with Gasteiger partial charge < -0.3 is 24.9 Å². The molecule has 0 aliphatic heterocycles. The number of benzene rings is 2. The molecule has 0 fully saturated rings. The summed E-state index contributed by atoms with van der Waals surface area (Å²) in [5, 5.41) is 22.7. The molecule has 10 nitrogen and oxygen atoms in total. The fraction of sp³-hybridized carbons (Fsp3) is 0.100. The molecule has 4 rings (SSSR count). The molecule has 0 unspecified atom stereocenters.